The Morgan fingerprint density at radius 3 is 1.91 bits per heavy atom. The largest absolute Gasteiger partial charge is 0.463 e. The van der Waals surface area contributed by atoms with E-state index in [9.17, 15) is 13.2 Å². The molecule has 0 fully saturated rings. The second kappa shape index (κ2) is 8.90. The van der Waals surface area contributed by atoms with Crippen LogP contribution < -0.4 is 0 Å². The molecule has 0 aliphatic carbocycles. The first-order valence-electron chi connectivity index (χ1n) is 10.4. The molecule has 3 heterocycles. The monoisotopic (exact) mass is 458 g/mol. The van der Waals surface area contributed by atoms with E-state index in [1.54, 1.807) is 42.5 Å². The van der Waals surface area contributed by atoms with Gasteiger partial charge in [0.1, 0.15) is 11.5 Å². The van der Waals surface area contributed by atoms with Crippen LogP contribution in [0.4, 0.5) is 24.5 Å². The van der Waals surface area contributed by atoms with Gasteiger partial charge in [0.15, 0.2) is 0 Å². The fourth-order valence-corrected chi connectivity index (χ4v) is 3.54. The zero-order valence-electron chi connectivity index (χ0n) is 17.7. The first kappa shape index (κ1) is 21.5. The summed E-state index contributed by atoms with van der Waals surface area (Å²) < 4.78 is 47.4. The van der Waals surface area contributed by atoms with Crippen LogP contribution in [0.1, 0.15) is 12.2 Å². The maximum atomic E-state index is 14.0. The molecule has 0 saturated heterocycles. The second-order valence-electron chi connectivity index (χ2n) is 7.54. The number of aliphatic imine (C=N–C) groups is 2. The quantitative estimate of drug-likeness (QED) is 0.261. The van der Waals surface area contributed by atoms with Crippen molar-refractivity contribution in [1.29, 1.82) is 0 Å². The predicted molar refractivity (Wildman–Crippen MR) is 126 cm³/mol. The zero-order chi connectivity index (χ0) is 23.5. The first-order valence-corrected chi connectivity index (χ1v) is 10.4. The Morgan fingerprint density at radius 1 is 0.765 bits per heavy atom. The summed E-state index contributed by atoms with van der Waals surface area (Å²) >= 11 is 0. The third-order valence-electron chi connectivity index (χ3n) is 5.15. The van der Waals surface area contributed by atoms with Gasteiger partial charge in [-0.3, -0.25) is 9.97 Å². The lowest BCUT2D eigenvalue weighted by Gasteiger charge is -2.12. The normalized spacial score (nSPS) is 13.0. The zero-order valence-corrected chi connectivity index (χ0v) is 17.7. The minimum Gasteiger partial charge on any atom is -0.463 e. The van der Waals surface area contributed by atoms with Gasteiger partial charge in [-0.25, -0.2) is 9.98 Å². The van der Waals surface area contributed by atoms with Crippen LogP contribution in [0.5, 0.6) is 0 Å². The topological polar surface area (TPSA) is 63.6 Å². The Bertz CT molecular complexity index is 1520. The number of alkyl halides is 3. The van der Waals surface area contributed by atoms with Gasteiger partial charge >= 0.3 is 6.18 Å². The molecule has 0 saturated carbocycles. The molecule has 0 spiro atoms. The average Bonchev–Trinajstić information content (AvgIpc) is 3.37. The number of aromatic nitrogens is 2. The first-order chi connectivity index (χ1) is 16.5. The Hall–Kier alpha value is -4.33. The fraction of sp³-hybridized carbons (Fsp3) is 0.0769. The van der Waals surface area contributed by atoms with Crippen LogP contribution in [0, 0.1) is 0 Å². The van der Waals surface area contributed by atoms with Gasteiger partial charge in [-0.1, -0.05) is 36.4 Å². The van der Waals surface area contributed by atoms with E-state index in [0.29, 0.717) is 16.6 Å². The number of hydrogen-bond acceptors (Lipinski definition) is 5. The highest BCUT2D eigenvalue weighted by Crippen LogP contribution is 2.28. The third-order valence-corrected chi connectivity index (χ3v) is 5.15. The third kappa shape index (κ3) is 4.71. The molecule has 0 amide bonds. The molecule has 0 aliphatic heterocycles. The molecular formula is C26H17F3N4O. The Kier molecular flexibility index (Phi) is 5.63. The van der Waals surface area contributed by atoms with Gasteiger partial charge in [0.05, 0.1) is 46.8 Å². The molecule has 2 aromatic carbocycles. The lowest BCUT2D eigenvalue weighted by Crippen LogP contribution is -2.26. The van der Waals surface area contributed by atoms with Gasteiger partial charge in [0.2, 0.25) is 0 Å². The summed E-state index contributed by atoms with van der Waals surface area (Å²) in [4.78, 5) is 16.9. The summed E-state index contributed by atoms with van der Waals surface area (Å²) in [5.41, 5.74) is 1.05. The van der Waals surface area contributed by atoms with Crippen molar-refractivity contribution >= 4 is 44.6 Å². The number of fused-ring (bicyclic) bond motifs is 2. The van der Waals surface area contributed by atoms with Gasteiger partial charge in [-0.15, -0.1) is 0 Å². The maximum Gasteiger partial charge on any atom is 0.429 e. The number of hydrogen-bond donors (Lipinski definition) is 0. The van der Waals surface area contributed by atoms with E-state index in [4.69, 9.17) is 4.42 Å². The van der Waals surface area contributed by atoms with Gasteiger partial charge in [0, 0.05) is 17.2 Å². The number of para-hydroxylation sites is 2. The van der Waals surface area contributed by atoms with Crippen molar-refractivity contribution in [2.24, 2.45) is 9.98 Å². The number of furan rings is 1. The summed E-state index contributed by atoms with van der Waals surface area (Å²) in [6.07, 6.45) is -1.04. The van der Waals surface area contributed by atoms with Gasteiger partial charge in [-0.2, -0.15) is 13.2 Å². The molecule has 168 valence electrons. The van der Waals surface area contributed by atoms with E-state index in [-0.39, 0.29) is 17.2 Å². The number of halogens is 3. The molecule has 5 aromatic rings. The summed E-state index contributed by atoms with van der Waals surface area (Å²) in [6, 6.07) is 21.1. The van der Waals surface area contributed by atoms with Crippen LogP contribution in [0.3, 0.4) is 0 Å². The van der Waals surface area contributed by atoms with Gasteiger partial charge in [-0.05, 0) is 36.4 Å². The summed E-state index contributed by atoms with van der Waals surface area (Å²) in [7, 11) is 0. The Balaban J connectivity index is 1.56. The maximum absolute atomic E-state index is 14.0. The van der Waals surface area contributed by atoms with Crippen LogP contribution in [-0.2, 0) is 0 Å². The molecule has 0 unspecified atom stereocenters. The highest BCUT2D eigenvalue weighted by atomic mass is 19.4. The molecule has 5 nitrogen and oxygen atoms in total. The van der Waals surface area contributed by atoms with E-state index >= 15 is 0 Å². The average molecular weight is 458 g/mol. The highest BCUT2D eigenvalue weighted by molar-refractivity contribution is 6.14. The second-order valence-corrected chi connectivity index (χ2v) is 7.54. The smallest absolute Gasteiger partial charge is 0.429 e. The molecule has 3 aromatic heterocycles. The molecule has 8 heteroatoms. The summed E-state index contributed by atoms with van der Waals surface area (Å²) in [5, 5.41) is 1.53. The lowest BCUT2D eigenvalue weighted by atomic mass is 10.1. The van der Waals surface area contributed by atoms with E-state index in [2.05, 4.69) is 20.0 Å². The standard InChI is InChI=1S/C26H17F3N4O/c27-26(28,29)25(33-20-13-18-7-2-4-9-22(18)31-16-20)14-23(24-10-5-11-34-24)32-19-12-17-6-1-3-8-21(17)30-15-19/h1-13,15-16H,14H2. The Morgan fingerprint density at radius 2 is 1.35 bits per heavy atom. The van der Waals surface area contributed by atoms with E-state index in [0.717, 1.165) is 10.9 Å². The molecule has 0 radical (unpaired) electrons. The SMILES string of the molecule is FC(F)(F)C(CC(=Nc1cnc2ccccc2c1)c1ccco1)=Nc1cnc2ccccc2c1. The van der Waals surface area contributed by atoms with Crippen molar-refractivity contribution < 1.29 is 17.6 Å². The van der Waals surface area contributed by atoms with Crippen LogP contribution in [0.25, 0.3) is 21.8 Å². The van der Waals surface area contributed by atoms with E-state index in [1.165, 1.54) is 18.7 Å². The van der Waals surface area contributed by atoms with Crippen molar-refractivity contribution in [2.75, 3.05) is 0 Å². The predicted octanol–water partition coefficient (Wildman–Crippen LogP) is 7.22. The van der Waals surface area contributed by atoms with Crippen molar-refractivity contribution in [3.8, 4) is 0 Å². The highest BCUT2D eigenvalue weighted by Gasteiger charge is 2.37. The van der Waals surface area contributed by atoms with Crippen molar-refractivity contribution in [1.82, 2.24) is 9.97 Å². The van der Waals surface area contributed by atoms with E-state index in [1.807, 2.05) is 30.3 Å². The van der Waals surface area contributed by atoms with Crippen LogP contribution in [0.2, 0.25) is 0 Å². The fourth-order valence-electron chi connectivity index (χ4n) is 3.54. The molecule has 0 atom stereocenters. The van der Waals surface area contributed by atoms with Crippen molar-refractivity contribution in [2.45, 2.75) is 12.6 Å². The van der Waals surface area contributed by atoms with Crippen LogP contribution >= 0.6 is 0 Å². The minimum atomic E-state index is -4.68. The number of benzene rings is 2. The lowest BCUT2D eigenvalue weighted by molar-refractivity contribution is -0.0597. The molecule has 34 heavy (non-hydrogen) atoms. The molecule has 0 N–H and O–H groups in total. The minimum absolute atomic E-state index is 0.0897. The molecular weight excluding hydrogens is 441 g/mol. The number of rotatable bonds is 5. The van der Waals surface area contributed by atoms with Crippen molar-refractivity contribution in [3.05, 3.63) is 97.2 Å². The number of nitrogens with zero attached hydrogens (tertiary/aromatic N) is 4. The van der Waals surface area contributed by atoms with Crippen LogP contribution in [-0.4, -0.2) is 27.6 Å². The summed E-state index contributed by atoms with van der Waals surface area (Å²) in [5.74, 6) is 0.224. The Labute approximate surface area is 192 Å². The molecule has 5 rings (SSSR count). The van der Waals surface area contributed by atoms with E-state index < -0.39 is 18.3 Å². The molecule has 0 bridgehead atoms. The van der Waals surface area contributed by atoms with Gasteiger partial charge in [0.25, 0.3) is 0 Å². The summed E-state index contributed by atoms with van der Waals surface area (Å²) in [6.45, 7) is 0. The number of pyridine rings is 2. The van der Waals surface area contributed by atoms with Crippen molar-refractivity contribution in [3.63, 3.8) is 0 Å². The van der Waals surface area contributed by atoms with Gasteiger partial charge < -0.3 is 4.42 Å². The molecule has 0 aliphatic rings. The van der Waals surface area contributed by atoms with Crippen LogP contribution in [0.15, 0.2) is 106 Å².